The number of aryl methyl sites for hydroxylation is 2. The van der Waals surface area contributed by atoms with E-state index in [1.54, 1.807) is 13.8 Å². The largest absolute Gasteiger partial charge is 0.298 e. The fourth-order valence-corrected chi connectivity index (χ4v) is 2.37. The highest BCUT2D eigenvalue weighted by Crippen LogP contribution is 2.25. The predicted molar refractivity (Wildman–Crippen MR) is 72.6 cm³/mol. The number of thiazole rings is 1. The Kier molecular flexibility index (Phi) is 3.94. The molecule has 0 aliphatic rings. The number of hydrogen-bond donors (Lipinski definition) is 1. The number of halogens is 2. The Morgan fingerprint density at radius 3 is 2.48 bits per heavy atom. The molecular formula is C12H9F2N3O3S. The summed E-state index contributed by atoms with van der Waals surface area (Å²) in [5.41, 5.74) is -0.670. The van der Waals surface area contributed by atoms with Crippen molar-refractivity contribution < 1.29 is 18.5 Å². The van der Waals surface area contributed by atoms with E-state index in [0.717, 1.165) is 4.88 Å². The van der Waals surface area contributed by atoms with Crippen LogP contribution >= 0.6 is 11.3 Å². The molecule has 0 aliphatic carbocycles. The van der Waals surface area contributed by atoms with Crippen molar-refractivity contribution in [1.82, 2.24) is 4.98 Å². The van der Waals surface area contributed by atoms with Gasteiger partial charge in [-0.2, -0.15) is 0 Å². The lowest BCUT2D eigenvalue weighted by molar-refractivity contribution is -0.385. The van der Waals surface area contributed by atoms with Crippen molar-refractivity contribution in [3.8, 4) is 0 Å². The Hall–Kier alpha value is -2.42. The first kappa shape index (κ1) is 15.0. The zero-order chi connectivity index (χ0) is 15.7. The van der Waals surface area contributed by atoms with Gasteiger partial charge in [0, 0.05) is 4.88 Å². The van der Waals surface area contributed by atoms with Gasteiger partial charge in [-0.15, -0.1) is 11.3 Å². The Balaban J connectivity index is 2.38. The molecule has 6 nitrogen and oxygen atoms in total. The van der Waals surface area contributed by atoms with Crippen LogP contribution in [0.2, 0.25) is 0 Å². The quantitative estimate of drug-likeness (QED) is 0.696. The molecule has 9 heteroatoms. The fraction of sp³-hybridized carbons (Fsp3) is 0.167. The van der Waals surface area contributed by atoms with Gasteiger partial charge in [-0.1, -0.05) is 0 Å². The SMILES string of the molecule is Cc1nc(NC(=O)c2cc(F)c(F)cc2[N+](=O)[O-])sc1C. The first-order valence-electron chi connectivity index (χ1n) is 5.68. The van der Waals surface area contributed by atoms with Crippen molar-refractivity contribution in [2.45, 2.75) is 13.8 Å². The summed E-state index contributed by atoms with van der Waals surface area (Å²) in [5, 5.41) is 13.4. The first-order chi connectivity index (χ1) is 9.79. The van der Waals surface area contributed by atoms with Crippen molar-refractivity contribution in [3.63, 3.8) is 0 Å². The average molecular weight is 313 g/mol. The van der Waals surface area contributed by atoms with E-state index in [0.29, 0.717) is 17.8 Å². The summed E-state index contributed by atoms with van der Waals surface area (Å²) in [4.78, 5) is 26.8. The zero-order valence-electron chi connectivity index (χ0n) is 10.9. The highest BCUT2D eigenvalue weighted by atomic mass is 32.1. The highest BCUT2D eigenvalue weighted by Gasteiger charge is 2.24. The molecule has 0 unspecified atom stereocenters. The van der Waals surface area contributed by atoms with Crippen LogP contribution in [0, 0.1) is 35.6 Å². The number of rotatable bonds is 3. The molecule has 21 heavy (non-hydrogen) atoms. The average Bonchev–Trinajstić information content (AvgIpc) is 2.70. The molecule has 1 heterocycles. The summed E-state index contributed by atoms with van der Waals surface area (Å²) < 4.78 is 26.2. The van der Waals surface area contributed by atoms with E-state index in [1.165, 1.54) is 11.3 Å². The van der Waals surface area contributed by atoms with Gasteiger partial charge >= 0.3 is 0 Å². The molecule has 1 aromatic heterocycles. The van der Waals surface area contributed by atoms with Gasteiger partial charge in [-0.3, -0.25) is 20.2 Å². The third-order valence-corrected chi connectivity index (χ3v) is 3.72. The molecule has 0 saturated carbocycles. The summed E-state index contributed by atoms with van der Waals surface area (Å²) in [6.45, 7) is 3.53. The molecular weight excluding hydrogens is 304 g/mol. The molecule has 0 spiro atoms. The minimum Gasteiger partial charge on any atom is -0.298 e. The number of nitrogens with one attached hydrogen (secondary N) is 1. The van der Waals surface area contributed by atoms with Gasteiger partial charge in [-0.25, -0.2) is 13.8 Å². The number of benzene rings is 1. The van der Waals surface area contributed by atoms with E-state index in [2.05, 4.69) is 10.3 Å². The van der Waals surface area contributed by atoms with Gasteiger partial charge < -0.3 is 0 Å². The number of nitro groups is 1. The summed E-state index contributed by atoms with van der Waals surface area (Å²) in [6, 6.07) is 0.874. The molecule has 2 aromatic rings. The number of carbonyl (C=O) groups excluding carboxylic acids is 1. The second kappa shape index (κ2) is 5.52. The lowest BCUT2D eigenvalue weighted by atomic mass is 10.1. The minimum absolute atomic E-state index is 0.231. The van der Waals surface area contributed by atoms with Crippen LogP contribution in [0.5, 0.6) is 0 Å². The van der Waals surface area contributed by atoms with Gasteiger partial charge in [0.25, 0.3) is 11.6 Å². The summed E-state index contributed by atoms with van der Waals surface area (Å²) >= 11 is 1.18. The third kappa shape index (κ3) is 3.02. The molecule has 0 atom stereocenters. The second-order valence-electron chi connectivity index (χ2n) is 4.16. The van der Waals surface area contributed by atoms with Crippen molar-refractivity contribution in [2.75, 3.05) is 5.32 Å². The fourth-order valence-electron chi connectivity index (χ4n) is 1.56. The maximum Gasteiger partial charge on any atom is 0.285 e. The van der Waals surface area contributed by atoms with E-state index in [-0.39, 0.29) is 5.13 Å². The van der Waals surface area contributed by atoms with Gasteiger partial charge in [0.05, 0.1) is 16.7 Å². The third-order valence-electron chi connectivity index (χ3n) is 2.73. The van der Waals surface area contributed by atoms with Crippen LogP contribution in [0.4, 0.5) is 19.6 Å². The topological polar surface area (TPSA) is 85.1 Å². The molecule has 0 saturated heterocycles. The Morgan fingerprint density at radius 1 is 1.33 bits per heavy atom. The molecule has 1 aromatic carbocycles. The number of carbonyl (C=O) groups is 1. The Morgan fingerprint density at radius 2 is 1.95 bits per heavy atom. The smallest absolute Gasteiger partial charge is 0.285 e. The number of hydrogen-bond acceptors (Lipinski definition) is 5. The van der Waals surface area contributed by atoms with Crippen LogP contribution in [0.15, 0.2) is 12.1 Å². The van der Waals surface area contributed by atoms with Gasteiger partial charge in [0.1, 0.15) is 5.56 Å². The molecule has 0 radical (unpaired) electrons. The van der Waals surface area contributed by atoms with Gasteiger partial charge in [0.2, 0.25) is 0 Å². The number of nitrogens with zero attached hydrogens (tertiary/aromatic N) is 2. The minimum atomic E-state index is -1.39. The Bertz CT molecular complexity index is 726. The van der Waals surface area contributed by atoms with Gasteiger partial charge in [-0.05, 0) is 19.9 Å². The molecule has 2 rings (SSSR count). The summed E-state index contributed by atoms with van der Waals surface area (Å²) in [7, 11) is 0. The second-order valence-corrected chi connectivity index (χ2v) is 5.36. The van der Waals surface area contributed by atoms with Crippen LogP contribution in [-0.2, 0) is 0 Å². The molecule has 110 valence electrons. The standard InChI is InChI=1S/C12H9F2N3O3S/c1-5-6(2)21-12(15-5)16-11(18)7-3-8(13)9(14)4-10(7)17(19)20/h3-4H,1-2H3,(H,15,16,18). The maximum absolute atomic E-state index is 13.2. The molecule has 1 amide bonds. The van der Waals surface area contributed by atoms with Crippen molar-refractivity contribution in [3.05, 3.63) is 50.0 Å². The van der Waals surface area contributed by atoms with Crippen LogP contribution in [-0.4, -0.2) is 15.8 Å². The molecule has 0 bridgehead atoms. The van der Waals surface area contributed by atoms with E-state index in [9.17, 15) is 23.7 Å². The zero-order valence-corrected chi connectivity index (χ0v) is 11.8. The summed E-state index contributed by atoms with van der Waals surface area (Å²) in [6.07, 6.45) is 0. The number of aromatic nitrogens is 1. The van der Waals surface area contributed by atoms with Crippen molar-refractivity contribution in [2.24, 2.45) is 0 Å². The van der Waals surface area contributed by atoms with Crippen LogP contribution < -0.4 is 5.32 Å². The molecule has 1 N–H and O–H groups in total. The number of amides is 1. The van der Waals surface area contributed by atoms with Crippen molar-refractivity contribution >= 4 is 28.1 Å². The highest BCUT2D eigenvalue weighted by molar-refractivity contribution is 7.15. The monoisotopic (exact) mass is 313 g/mol. The van der Waals surface area contributed by atoms with Gasteiger partial charge in [0.15, 0.2) is 16.8 Å². The van der Waals surface area contributed by atoms with Crippen LogP contribution in [0.1, 0.15) is 20.9 Å². The molecule has 0 aliphatic heterocycles. The van der Waals surface area contributed by atoms with Crippen molar-refractivity contribution in [1.29, 1.82) is 0 Å². The van der Waals surface area contributed by atoms with E-state index >= 15 is 0 Å². The van der Waals surface area contributed by atoms with Crippen LogP contribution in [0.25, 0.3) is 0 Å². The first-order valence-corrected chi connectivity index (χ1v) is 6.50. The van der Waals surface area contributed by atoms with E-state index in [1.807, 2.05) is 0 Å². The molecule has 0 fully saturated rings. The number of anilines is 1. The lowest BCUT2D eigenvalue weighted by Crippen LogP contribution is -2.14. The number of nitro benzene ring substituents is 1. The Labute approximate surface area is 121 Å². The predicted octanol–water partition coefficient (Wildman–Crippen LogP) is 3.20. The normalized spacial score (nSPS) is 10.5. The lowest BCUT2D eigenvalue weighted by Gasteiger charge is -2.04. The van der Waals surface area contributed by atoms with Crippen LogP contribution in [0.3, 0.4) is 0 Å². The maximum atomic E-state index is 13.2. The summed E-state index contributed by atoms with van der Waals surface area (Å²) in [5.74, 6) is -3.65. The van der Waals surface area contributed by atoms with E-state index in [4.69, 9.17) is 0 Å². The van der Waals surface area contributed by atoms with E-state index < -0.39 is 33.7 Å².